The van der Waals surface area contributed by atoms with Gasteiger partial charge < -0.3 is 14.8 Å². The zero-order valence-corrected chi connectivity index (χ0v) is 18.5. The number of benzene rings is 2. The lowest BCUT2D eigenvalue weighted by Crippen LogP contribution is -2.14. The fourth-order valence-electron chi connectivity index (χ4n) is 2.79. The van der Waals surface area contributed by atoms with E-state index in [1.165, 1.54) is 10.9 Å². The Hall–Kier alpha value is -3.49. The Bertz CT molecular complexity index is 1240. The Morgan fingerprint density at radius 3 is 2.59 bits per heavy atom. The highest BCUT2D eigenvalue weighted by Crippen LogP contribution is 2.21. The van der Waals surface area contributed by atoms with Crippen LogP contribution < -0.4 is 14.8 Å². The zero-order chi connectivity index (χ0) is 22.5. The first-order valence-corrected chi connectivity index (χ1v) is 10.4. The number of nitrogens with zero attached hydrogens (tertiary/aromatic N) is 4. The molecule has 4 rings (SSSR count). The number of rotatable bonds is 8. The predicted molar refractivity (Wildman–Crippen MR) is 121 cm³/mol. The van der Waals surface area contributed by atoms with E-state index in [9.17, 15) is 4.79 Å². The van der Waals surface area contributed by atoms with Crippen LogP contribution in [0.4, 0.5) is 5.69 Å². The molecule has 2 aromatic heterocycles. The fraction of sp³-hybridized carbons (Fsp3) is 0.136. The van der Waals surface area contributed by atoms with E-state index in [4.69, 9.17) is 32.7 Å². The third-order valence-electron chi connectivity index (χ3n) is 4.42. The summed E-state index contributed by atoms with van der Waals surface area (Å²) in [4.78, 5) is 12.5. The van der Waals surface area contributed by atoms with Crippen molar-refractivity contribution in [3.8, 4) is 11.5 Å². The van der Waals surface area contributed by atoms with E-state index in [1.807, 2.05) is 13.0 Å². The standard InChI is InChI=1S/C22H19Cl2N5O3/c1-15-9-19(5-6-20(15)24)31-13-28-8-7-21(27-28)22(30)26-17-11-25-29(12-17)14-32-18-4-2-3-16(23)10-18/h2-12H,13-14H2,1H3,(H,26,30). The monoisotopic (exact) mass is 471 g/mol. The third kappa shape index (κ3) is 5.60. The van der Waals surface area contributed by atoms with E-state index in [0.29, 0.717) is 27.2 Å². The Balaban J connectivity index is 1.29. The van der Waals surface area contributed by atoms with Crippen molar-refractivity contribution in [2.75, 3.05) is 5.32 Å². The first kappa shape index (κ1) is 21.7. The lowest BCUT2D eigenvalue weighted by atomic mass is 10.2. The molecule has 0 atom stereocenters. The highest BCUT2D eigenvalue weighted by atomic mass is 35.5. The molecule has 164 valence electrons. The summed E-state index contributed by atoms with van der Waals surface area (Å²) in [7, 11) is 0. The highest BCUT2D eigenvalue weighted by Gasteiger charge is 2.11. The first-order chi connectivity index (χ1) is 15.5. The quantitative estimate of drug-likeness (QED) is 0.390. The molecular weight excluding hydrogens is 453 g/mol. The normalized spacial score (nSPS) is 10.7. The molecule has 10 heteroatoms. The average Bonchev–Trinajstić information content (AvgIpc) is 3.43. The largest absolute Gasteiger partial charge is 0.471 e. The molecule has 0 unspecified atom stereocenters. The van der Waals surface area contributed by atoms with Gasteiger partial charge in [-0.1, -0.05) is 29.3 Å². The number of aromatic nitrogens is 4. The van der Waals surface area contributed by atoms with Gasteiger partial charge in [-0.2, -0.15) is 10.2 Å². The van der Waals surface area contributed by atoms with Gasteiger partial charge in [-0.05, 0) is 55.0 Å². The van der Waals surface area contributed by atoms with Crippen LogP contribution >= 0.6 is 23.2 Å². The molecule has 1 amide bonds. The van der Waals surface area contributed by atoms with Crippen molar-refractivity contribution in [2.45, 2.75) is 20.4 Å². The lowest BCUT2D eigenvalue weighted by Gasteiger charge is -2.07. The molecule has 0 aliphatic rings. The number of hydrogen-bond donors (Lipinski definition) is 1. The molecule has 2 heterocycles. The maximum Gasteiger partial charge on any atom is 0.276 e. The topological polar surface area (TPSA) is 83.2 Å². The van der Waals surface area contributed by atoms with Crippen molar-refractivity contribution in [3.05, 3.63) is 88.4 Å². The van der Waals surface area contributed by atoms with Crippen LogP contribution in [0.15, 0.2) is 67.1 Å². The summed E-state index contributed by atoms with van der Waals surface area (Å²) in [5.41, 5.74) is 1.69. The van der Waals surface area contributed by atoms with Crippen LogP contribution in [-0.2, 0) is 13.5 Å². The molecule has 0 aliphatic heterocycles. The van der Waals surface area contributed by atoms with Crippen LogP contribution in [0.25, 0.3) is 0 Å². The van der Waals surface area contributed by atoms with E-state index in [2.05, 4.69) is 15.5 Å². The second kappa shape index (κ2) is 9.76. The van der Waals surface area contributed by atoms with Crippen LogP contribution in [0.3, 0.4) is 0 Å². The Kier molecular flexibility index (Phi) is 6.63. The minimum atomic E-state index is -0.360. The second-order valence-electron chi connectivity index (χ2n) is 6.88. The van der Waals surface area contributed by atoms with Crippen molar-refractivity contribution >= 4 is 34.8 Å². The van der Waals surface area contributed by atoms with Crippen molar-refractivity contribution in [3.63, 3.8) is 0 Å². The molecule has 0 aliphatic carbocycles. The predicted octanol–water partition coefficient (Wildman–Crippen LogP) is 5.02. The van der Waals surface area contributed by atoms with Crippen LogP contribution in [0, 0.1) is 6.92 Å². The number of amides is 1. The van der Waals surface area contributed by atoms with Gasteiger partial charge in [0.05, 0.1) is 18.1 Å². The van der Waals surface area contributed by atoms with Crippen molar-refractivity contribution in [1.82, 2.24) is 19.6 Å². The van der Waals surface area contributed by atoms with Gasteiger partial charge in [-0.3, -0.25) is 4.79 Å². The zero-order valence-electron chi connectivity index (χ0n) is 17.0. The van der Waals surface area contributed by atoms with Crippen LogP contribution in [0.2, 0.25) is 10.0 Å². The van der Waals surface area contributed by atoms with E-state index >= 15 is 0 Å². The minimum absolute atomic E-state index is 0.160. The molecule has 0 bridgehead atoms. The highest BCUT2D eigenvalue weighted by molar-refractivity contribution is 6.31. The maximum atomic E-state index is 12.5. The molecule has 0 saturated heterocycles. The van der Waals surface area contributed by atoms with Crippen molar-refractivity contribution < 1.29 is 14.3 Å². The van der Waals surface area contributed by atoms with Gasteiger partial charge in [0, 0.05) is 16.2 Å². The lowest BCUT2D eigenvalue weighted by molar-refractivity contribution is 0.102. The van der Waals surface area contributed by atoms with Gasteiger partial charge in [0.15, 0.2) is 19.2 Å². The minimum Gasteiger partial charge on any atom is -0.471 e. The van der Waals surface area contributed by atoms with E-state index in [1.54, 1.807) is 59.5 Å². The molecule has 8 nitrogen and oxygen atoms in total. The summed E-state index contributed by atoms with van der Waals surface area (Å²) in [5.74, 6) is 0.933. The molecule has 0 fully saturated rings. The molecule has 2 aromatic carbocycles. The molecular formula is C22H19Cl2N5O3. The van der Waals surface area contributed by atoms with Gasteiger partial charge in [0.1, 0.15) is 11.5 Å². The Labute approximate surface area is 194 Å². The number of ether oxygens (including phenoxy) is 2. The smallest absolute Gasteiger partial charge is 0.276 e. The molecule has 32 heavy (non-hydrogen) atoms. The summed E-state index contributed by atoms with van der Waals surface area (Å²) < 4.78 is 14.4. The molecule has 1 N–H and O–H groups in total. The number of aryl methyl sites for hydroxylation is 1. The summed E-state index contributed by atoms with van der Waals surface area (Å²) in [6, 6.07) is 14.1. The number of nitrogens with one attached hydrogen (secondary N) is 1. The van der Waals surface area contributed by atoms with Crippen molar-refractivity contribution in [2.24, 2.45) is 0 Å². The summed E-state index contributed by atoms with van der Waals surface area (Å²) >= 11 is 12.0. The molecule has 4 aromatic rings. The number of hydrogen-bond acceptors (Lipinski definition) is 5. The van der Waals surface area contributed by atoms with Gasteiger partial charge in [0.2, 0.25) is 0 Å². The molecule has 0 spiro atoms. The average molecular weight is 472 g/mol. The van der Waals surface area contributed by atoms with Gasteiger partial charge >= 0.3 is 0 Å². The number of halogens is 2. The van der Waals surface area contributed by atoms with Gasteiger partial charge in [-0.15, -0.1) is 0 Å². The number of carbonyl (C=O) groups excluding carboxylic acids is 1. The SMILES string of the molecule is Cc1cc(OCn2ccc(C(=O)Nc3cnn(COc4cccc(Cl)c4)c3)n2)ccc1Cl. The Morgan fingerprint density at radius 2 is 1.81 bits per heavy atom. The van der Waals surface area contributed by atoms with Crippen LogP contribution in [0.1, 0.15) is 16.1 Å². The summed E-state index contributed by atoms with van der Waals surface area (Å²) in [5, 5.41) is 12.4. The number of carbonyl (C=O) groups is 1. The van der Waals surface area contributed by atoms with E-state index in [0.717, 1.165) is 5.56 Å². The maximum absolute atomic E-state index is 12.5. The van der Waals surface area contributed by atoms with Crippen LogP contribution in [0.5, 0.6) is 11.5 Å². The molecule has 0 radical (unpaired) electrons. The van der Waals surface area contributed by atoms with E-state index < -0.39 is 0 Å². The third-order valence-corrected chi connectivity index (χ3v) is 5.08. The van der Waals surface area contributed by atoms with Crippen LogP contribution in [-0.4, -0.2) is 25.5 Å². The molecule has 0 saturated carbocycles. The second-order valence-corrected chi connectivity index (χ2v) is 7.72. The fourth-order valence-corrected chi connectivity index (χ4v) is 3.09. The first-order valence-electron chi connectivity index (χ1n) is 9.61. The van der Waals surface area contributed by atoms with Crippen molar-refractivity contribution in [1.29, 1.82) is 0 Å². The van der Waals surface area contributed by atoms with Gasteiger partial charge in [0.25, 0.3) is 5.91 Å². The summed E-state index contributed by atoms with van der Waals surface area (Å²) in [6.45, 7) is 2.23. The Morgan fingerprint density at radius 1 is 1.03 bits per heavy atom. The van der Waals surface area contributed by atoms with E-state index in [-0.39, 0.29) is 25.1 Å². The number of anilines is 1. The summed E-state index contributed by atoms with van der Waals surface area (Å²) in [6.07, 6.45) is 4.85. The van der Waals surface area contributed by atoms with Gasteiger partial charge in [-0.25, -0.2) is 9.36 Å².